The van der Waals surface area contributed by atoms with Crippen LogP contribution >= 0.6 is 18.6 Å². The summed E-state index contributed by atoms with van der Waals surface area (Å²) in [6, 6.07) is 11.2. The molecule has 0 atom stereocenters. The van der Waals surface area contributed by atoms with E-state index < -0.39 is 17.0 Å². The number of phenols is 2. The minimum absolute atomic E-state index is 0.282. The predicted octanol–water partition coefficient (Wildman–Crippen LogP) is 5.02. The molecule has 2 aromatic carbocycles. The molecule has 0 saturated carbocycles. The van der Waals surface area contributed by atoms with Gasteiger partial charge in [0.2, 0.25) is 0 Å². The number of rotatable bonds is 6. The van der Waals surface area contributed by atoms with E-state index in [-0.39, 0.29) is 11.5 Å². The molecule has 0 aliphatic rings. The molecule has 138 valence electrons. The van der Waals surface area contributed by atoms with Crippen LogP contribution in [0.1, 0.15) is 28.7 Å². The summed E-state index contributed by atoms with van der Waals surface area (Å²) in [6.07, 6.45) is 4.20. The van der Waals surface area contributed by atoms with Crippen LogP contribution in [0.2, 0.25) is 0 Å². The Morgan fingerprint density at radius 1 is 0.846 bits per heavy atom. The van der Waals surface area contributed by atoms with Crippen molar-refractivity contribution >= 4 is 31.0 Å². The van der Waals surface area contributed by atoms with Gasteiger partial charge in [-0.05, 0) is 43.5 Å². The molecule has 0 radical (unpaired) electrons. The fourth-order valence-corrected chi connectivity index (χ4v) is 2.15. The molecule has 0 spiro atoms. The Bertz CT molecular complexity index is 691. The molecule has 2 N–H and O–H groups in total. The zero-order valence-electron chi connectivity index (χ0n) is 14.8. The third kappa shape index (κ3) is 7.92. The Morgan fingerprint density at radius 3 is 1.62 bits per heavy atom. The van der Waals surface area contributed by atoms with Gasteiger partial charge in [-0.15, -0.1) is 0 Å². The number of aryl methyl sites for hydroxylation is 2. The molecule has 0 amide bonds. The molecule has 0 bridgehead atoms. The number of para-hydroxylation sites is 2. The average Bonchev–Trinajstić information content (AvgIpc) is 2.62. The van der Waals surface area contributed by atoms with E-state index in [2.05, 4.69) is 9.98 Å². The summed E-state index contributed by atoms with van der Waals surface area (Å²) in [5.41, 5.74) is 3.16. The molecule has 0 aliphatic heterocycles. The zero-order valence-corrected chi connectivity index (χ0v) is 17.9. The van der Waals surface area contributed by atoms with E-state index in [0.717, 1.165) is 28.7 Å². The molecule has 0 aliphatic carbocycles. The quantitative estimate of drug-likeness (QED) is 0.385. The fourth-order valence-electron chi connectivity index (χ4n) is 2.15. The summed E-state index contributed by atoms with van der Waals surface area (Å²) in [4.78, 5) is 8.62. The first-order valence-corrected chi connectivity index (χ1v) is 12.3. The molecule has 0 unspecified atom stereocenters. The van der Waals surface area contributed by atoms with Crippen LogP contribution in [0.15, 0.2) is 46.4 Å². The number of benzene rings is 2. The van der Waals surface area contributed by atoms with E-state index >= 15 is 0 Å². The van der Waals surface area contributed by atoms with Crippen LogP contribution in [-0.4, -0.2) is 35.7 Å². The van der Waals surface area contributed by atoms with E-state index in [0.29, 0.717) is 13.1 Å². The molecular weight excluding hydrogens is 407 g/mol. The number of nitrogens with zero attached hydrogens (tertiary/aromatic N) is 2. The maximum absolute atomic E-state index is 9.87. The zero-order chi connectivity index (χ0) is 19.4. The average molecular weight is 429 g/mol. The van der Waals surface area contributed by atoms with E-state index in [4.69, 9.17) is 18.6 Å². The van der Waals surface area contributed by atoms with Crippen LogP contribution in [-0.2, 0) is 17.0 Å². The second-order valence-electron chi connectivity index (χ2n) is 5.52. The summed E-state index contributed by atoms with van der Waals surface area (Å²) in [7, 11) is 9.78. The van der Waals surface area contributed by atoms with Crippen molar-refractivity contribution in [2.45, 2.75) is 20.3 Å². The molecule has 0 heterocycles. The van der Waals surface area contributed by atoms with Gasteiger partial charge >= 0.3 is 35.6 Å². The number of hydrogen-bond donors (Lipinski definition) is 2. The molecule has 0 saturated heterocycles. The van der Waals surface area contributed by atoms with Gasteiger partial charge in [-0.1, -0.05) is 24.3 Å². The Balaban J connectivity index is 0.00000105. The summed E-state index contributed by atoms with van der Waals surface area (Å²) in [5.74, 6) is 0.563. The Labute approximate surface area is 171 Å². The van der Waals surface area contributed by atoms with E-state index in [1.54, 1.807) is 12.4 Å². The number of hydrogen-bond acceptors (Lipinski definition) is 4. The van der Waals surface area contributed by atoms with Crippen LogP contribution in [0.3, 0.4) is 0 Å². The van der Waals surface area contributed by atoms with Gasteiger partial charge in [-0.3, -0.25) is 9.98 Å². The van der Waals surface area contributed by atoms with Crippen molar-refractivity contribution in [1.29, 1.82) is 0 Å². The van der Waals surface area contributed by atoms with Crippen molar-refractivity contribution in [3.05, 3.63) is 58.7 Å². The van der Waals surface area contributed by atoms with Crippen LogP contribution in [0.4, 0.5) is 0 Å². The Morgan fingerprint density at radius 2 is 1.23 bits per heavy atom. The number of halogens is 2. The topological polar surface area (TPSA) is 65.2 Å². The van der Waals surface area contributed by atoms with Crippen molar-refractivity contribution in [2.75, 3.05) is 13.1 Å². The third-order valence-corrected chi connectivity index (χ3v) is 3.57. The SMILES string of the molecule is Cc1cccc(C=NCCCN=Cc2cccc(C)c2O)c1O.[Cl][Ti][Cl]. The standard InChI is InChI=1S/C19H22N2O2.2ClH.Ti/c1-14-6-3-8-16(18(14)22)12-20-10-5-11-21-13-17-9-4-7-15(2)19(17)23;;;/h3-4,6-9,12-13,22-23H,5,10-11H2,1-2H3;2*1H;/q;;;+2/p-2. The van der Waals surface area contributed by atoms with Gasteiger partial charge in [0.25, 0.3) is 0 Å². The van der Waals surface area contributed by atoms with E-state index in [1.165, 1.54) is 0 Å². The van der Waals surface area contributed by atoms with Crippen molar-refractivity contribution in [3.63, 3.8) is 0 Å². The van der Waals surface area contributed by atoms with E-state index in [1.807, 2.05) is 50.2 Å². The van der Waals surface area contributed by atoms with Gasteiger partial charge in [0.05, 0.1) is 0 Å². The van der Waals surface area contributed by atoms with Crippen LogP contribution in [0.5, 0.6) is 11.5 Å². The van der Waals surface area contributed by atoms with Crippen molar-refractivity contribution in [3.8, 4) is 11.5 Å². The molecule has 7 heteroatoms. The molecule has 4 nitrogen and oxygen atoms in total. The van der Waals surface area contributed by atoms with Gasteiger partial charge in [-0.2, -0.15) is 0 Å². The van der Waals surface area contributed by atoms with Gasteiger partial charge < -0.3 is 10.2 Å². The second-order valence-corrected chi connectivity index (χ2v) is 8.10. The fraction of sp³-hybridized carbons (Fsp3) is 0.263. The Hall–Kier alpha value is -1.33. The van der Waals surface area contributed by atoms with Gasteiger partial charge in [0.1, 0.15) is 11.5 Å². The minimum atomic E-state index is -0.556. The van der Waals surface area contributed by atoms with Crippen LogP contribution in [0, 0.1) is 13.8 Å². The van der Waals surface area contributed by atoms with Crippen molar-refractivity contribution in [2.24, 2.45) is 9.98 Å². The van der Waals surface area contributed by atoms with Gasteiger partial charge in [0, 0.05) is 36.6 Å². The molecule has 26 heavy (non-hydrogen) atoms. The number of aliphatic imine (C=N–C) groups is 2. The summed E-state index contributed by atoms with van der Waals surface area (Å²) in [5, 5.41) is 19.7. The predicted molar refractivity (Wildman–Crippen MR) is 107 cm³/mol. The molecule has 2 aromatic rings. The van der Waals surface area contributed by atoms with E-state index in [9.17, 15) is 10.2 Å². The number of phenolic OH excluding ortho intramolecular Hbond substituents is 2. The first kappa shape index (κ1) is 22.7. The molecular formula is C19H22Cl2N2O2Ti. The summed E-state index contributed by atoms with van der Waals surface area (Å²) < 4.78 is 0. The Kier molecular flexibility index (Phi) is 11.3. The maximum atomic E-state index is 9.87. The molecule has 0 fully saturated rings. The van der Waals surface area contributed by atoms with Crippen LogP contribution in [0.25, 0.3) is 0 Å². The van der Waals surface area contributed by atoms with Gasteiger partial charge in [0.15, 0.2) is 0 Å². The van der Waals surface area contributed by atoms with Crippen molar-refractivity contribution in [1.82, 2.24) is 0 Å². The first-order valence-electron chi connectivity index (χ1n) is 8.04. The van der Waals surface area contributed by atoms with Gasteiger partial charge in [-0.25, -0.2) is 0 Å². The second kappa shape index (κ2) is 12.9. The summed E-state index contributed by atoms with van der Waals surface area (Å²) >= 11 is -0.556. The number of aromatic hydroxyl groups is 2. The molecule has 0 aromatic heterocycles. The first-order chi connectivity index (χ1) is 12.5. The summed E-state index contributed by atoms with van der Waals surface area (Å²) in [6.45, 7) is 5.01. The molecule has 2 rings (SSSR count). The normalized spacial score (nSPS) is 10.8. The monoisotopic (exact) mass is 428 g/mol. The van der Waals surface area contributed by atoms with Crippen LogP contribution < -0.4 is 0 Å². The third-order valence-electron chi connectivity index (χ3n) is 3.57. The van der Waals surface area contributed by atoms with Crippen molar-refractivity contribution < 1.29 is 27.2 Å².